The molecule has 0 spiro atoms. The van der Waals surface area contributed by atoms with Crippen molar-refractivity contribution in [3.63, 3.8) is 0 Å². The van der Waals surface area contributed by atoms with E-state index in [1.165, 1.54) is 0 Å². The third kappa shape index (κ3) is 3.69. The van der Waals surface area contributed by atoms with Crippen LogP contribution in [0.1, 0.15) is 11.4 Å². The van der Waals surface area contributed by atoms with Gasteiger partial charge in [0, 0.05) is 50.6 Å². The third-order valence-corrected chi connectivity index (χ3v) is 4.80. The molecule has 1 aliphatic heterocycles. The molecular weight excluding hydrogens is 296 g/mol. The van der Waals surface area contributed by atoms with Crippen molar-refractivity contribution in [3.8, 4) is 11.4 Å². The van der Waals surface area contributed by atoms with E-state index in [9.17, 15) is 4.79 Å². The van der Waals surface area contributed by atoms with Gasteiger partial charge in [0.05, 0.1) is 16.4 Å². The van der Waals surface area contributed by atoms with Gasteiger partial charge in [-0.2, -0.15) is 0 Å². The zero-order valence-corrected chi connectivity index (χ0v) is 13.6. The number of hydrogen-bond donors (Lipinski definition) is 0. The Morgan fingerprint density at radius 3 is 2.77 bits per heavy atom. The van der Waals surface area contributed by atoms with Gasteiger partial charge in [0.1, 0.15) is 0 Å². The van der Waals surface area contributed by atoms with Crippen LogP contribution in [0.3, 0.4) is 0 Å². The predicted octanol–water partition coefficient (Wildman–Crippen LogP) is 1.91. The third-order valence-electron chi connectivity index (χ3n) is 3.89. The lowest BCUT2D eigenvalue weighted by molar-refractivity contribution is -0.132. The molecule has 0 bridgehead atoms. The van der Waals surface area contributed by atoms with Crippen molar-refractivity contribution in [1.82, 2.24) is 19.8 Å². The van der Waals surface area contributed by atoms with E-state index in [-0.39, 0.29) is 5.91 Å². The van der Waals surface area contributed by atoms with Crippen LogP contribution in [0.25, 0.3) is 11.4 Å². The summed E-state index contributed by atoms with van der Waals surface area (Å²) in [7, 11) is 2.09. The molecule has 22 heavy (non-hydrogen) atoms. The lowest BCUT2D eigenvalue weighted by atomic mass is 10.2. The zero-order valence-electron chi connectivity index (χ0n) is 12.7. The topological polar surface area (TPSA) is 49.3 Å². The molecule has 0 N–H and O–H groups in total. The molecule has 2 aromatic rings. The first-order chi connectivity index (χ1) is 10.7. The first-order valence-corrected chi connectivity index (χ1v) is 8.42. The van der Waals surface area contributed by atoms with E-state index in [0.29, 0.717) is 12.8 Å². The van der Waals surface area contributed by atoms with Crippen LogP contribution < -0.4 is 0 Å². The molecule has 3 rings (SSSR count). The van der Waals surface area contributed by atoms with Crippen LogP contribution in [-0.4, -0.2) is 58.9 Å². The number of piperazine rings is 1. The number of aromatic nitrogens is 2. The van der Waals surface area contributed by atoms with Crippen LogP contribution >= 0.6 is 11.3 Å². The van der Waals surface area contributed by atoms with Gasteiger partial charge in [-0.1, -0.05) is 6.07 Å². The maximum atomic E-state index is 12.2. The largest absolute Gasteiger partial charge is 0.340 e. The molecule has 0 aromatic carbocycles. The van der Waals surface area contributed by atoms with Crippen molar-refractivity contribution in [3.05, 3.63) is 34.8 Å². The Kier molecular flexibility index (Phi) is 4.80. The lowest BCUT2D eigenvalue weighted by Gasteiger charge is -2.32. The first-order valence-electron chi connectivity index (χ1n) is 7.54. The quantitative estimate of drug-likeness (QED) is 0.864. The van der Waals surface area contributed by atoms with Crippen molar-refractivity contribution in [2.45, 2.75) is 12.8 Å². The van der Waals surface area contributed by atoms with Gasteiger partial charge in [0.25, 0.3) is 0 Å². The van der Waals surface area contributed by atoms with E-state index in [1.807, 2.05) is 28.5 Å². The van der Waals surface area contributed by atoms with Crippen molar-refractivity contribution < 1.29 is 4.79 Å². The molecule has 0 unspecified atom stereocenters. The van der Waals surface area contributed by atoms with Crippen LogP contribution in [0.2, 0.25) is 0 Å². The second-order valence-corrected chi connectivity index (χ2v) is 6.47. The summed E-state index contributed by atoms with van der Waals surface area (Å²) in [5.41, 5.74) is 1.78. The highest BCUT2D eigenvalue weighted by Gasteiger charge is 2.19. The standard InChI is InChI=1S/C16H20N4OS/c1-19-8-10-20(11-9-19)16(21)6-5-15-18-14(12-22-15)13-4-2-3-7-17-13/h2-4,7,12H,5-6,8-11H2,1H3. The number of carbonyl (C=O) groups excluding carboxylic acids is 1. The second kappa shape index (κ2) is 6.98. The number of nitrogens with zero attached hydrogens (tertiary/aromatic N) is 4. The SMILES string of the molecule is CN1CCN(C(=O)CCc2nc(-c3ccccn3)cs2)CC1. The smallest absolute Gasteiger partial charge is 0.223 e. The normalized spacial score (nSPS) is 16.0. The monoisotopic (exact) mass is 316 g/mol. The van der Waals surface area contributed by atoms with Gasteiger partial charge in [0.15, 0.2) is 0 Å². The highest BCUT2D eigenvalue weighted by Crippen LogP contribution is 2.20. The summed E-state index contributed by atoms with van der Waals surface area (Å²) in [5.74, 6) is 0.239. The minimum absolute atomic E-state index is 0.239. The highest BCUT2D eigenvalue weighted by molar-refractivity contribution is 7.09. The van der Waals surface area contributed by atoms with E-state index < -0.39 is 0 Å². The summed E-state index contributed by atoms with van der Waals surface area (Å²) in [6.07, 6.45) is 3.02. The molecule has 1 fully saturated rings. The van der Waals surface area contributed by atoms with Gasteiger partial charge in [-0.25, -0.2) is 4.98 Å². The van der Waals surface area contributed by atoms with Gasteiger partial charge >= 0.3 is 0 Å². The fraction of sp³-hybridized carbons (Fsp3) is 0.438. The molecule has 0 aliphatic carbocycles. The molecule has 6 heteroatoms. The van der Waals surface area contributed by atoms with Crippen LogP contribution in [0, 0.1) is 0 Å². The summed E-state index contributed by atoms with van der Waals surface area (Å²) in [6, 6.07) is 5.80. The number of likely N-dealkylation sites (N-methyl/N-ethyl adjacent to an activating group) is 1. The number of thiazole rings is 1. The maximum absolute atomic E-state index is 12.2. The summed E-state index contributed by atoms with van der Waals surface area (Å²) in [5, 5.41) is 3.01. The Bertz CT molecular complexity index is 620. The summed E-state index contributed by atoms with van der Waals surface area (Å²) < 4.78 is 0. The van der Waals surface area contributed by atoms with Crippen molar-refractivity contribution in [1.29, 1.82) is 0 Å². The van der Waals surface area contributed by atoms with Crippen LogP contribution in [0.5, 0.6) is 0 Å². The molecule has 1 aliphatic rings. The van der Waals surface area contributed by atoms with Crippen molar-refractivity contribution in [2.24, 2.45) is 0 Å². The Morgan fingerprint density at radius 1 is 1.23 bits per heavy atom. The van der Waals surface area contributed by atoms with E-state index in [4.69, 9.17) is 0 Å². The van der Waals surface area contributed by atoms with Gasteiger partial charge in [-0.05, 0) is 19.2 Å². The van der Waals surface area contributed by atoms with E-state index in [1.54, 1.807) is 17.5 Å². The molecule has 3 heterocycles. The van der Waals surface area contributed by atoms with E-state index in [2.05, 4.69) is 21.9 Å². The van der Waals surface area contributed by atoms with Gasteiger partial charge in [-0.15, -0.1) is 11.3 Å². The second-order valence-electron chi connectivity index (χ2n) is 5.53. The molecule has 2 aromatic heterocycles. The number of amides is 1. The Labute approximate surface area is 134 Å². The molecule has 0 saturated carbocycles. The Hall–Kier alpha value is -1.79. The fourth-order valence-corrected chi connectivity index (χ4v) is 3.28. The van der Waals surface area contributed by atoms with Gasteiger partial charge in [-0.3, -0.25) is 9.78 Å². The summed E-state index contributed by atoms with van der Waals surface area (Å²) in [4.78, 5) is 25.3. The van der Waals surface area contributed by atoms with E-state index in [0.717, 1.165) is 42.6 Å². The number of carbonyl (C=O) groups is 1. The Morgan fingerprint density at radius 2 is 2.05 bits per heavy atom. The number of pyridine rings is 1. The van der Waals surface area contributed by atoms with Crippen LogP contribution in [0.15, 0.2) is 29.8 Å². The maximum Gasteiger partial charge on any atom is 0.223 e. The van der Waals surface area contributed by atoms with Gasteiger partial charge < -0.3 is 9.80 Å². The molecule has 5 nitrogen and oxygen atoms in total. The zero-order chi connectivity index (χ0) is 15.4. The van der Waals surface area contributed by atoms with Gasteiger partial charge in [0.2, 0.25) is 5.91 Å². The summed E-state index contributed by atoms with van der Waals surface area (Å²) >= 11 is 1.60. The number of aryl methyl sites for hydroxylation is 1. The molecule has 0 radical (unpaired) electrons. The van der Waals surface area contributed by atoms with Crippen LogP contribution in [-0.2, 0) is 11.2 Å². The molecule has 116 valence electrons. The average molecular weight is 316 g/mol. The van der Waals surface area contributed by atoms with Crippen molar-refractivity contribution >= 4 is 17.2 Å². The Balaban J connectivity index is 1.54. The minimum Gasteiger partial charge on any atom is -0.340 e. The molecule has 1 amide bonds. The summed E-state index contributed by atoms with van der Waals surface area (Å²) in [6.45, 7) is 3.61. The van der Waals surface area contributed by atoms with E-state index >= 15 is 0 Å². The average Bonchev–Trinajstić information content (AvgIpc) is 3.03. The number of hydrogen-bond acceptors (Lipinski definition) is 5. The predicted molar refractivity (Wildman–Crippen MR) is 87.7 cm³/mol. The fourth-order valence-electron chi connectivity index (χ4n) is 2.49. The molecule has 1 saturated heterocycles. The van der Waals surface area contributed by atoms with Crippen molar-refractivity contribution in [2.75, 3.05) is 33.2 Å². The highest BCUT2D eigenvalue weighted by atomic mass is 32.1. The number of rotatable bonds is 4. The lowest BCUT2D eigenvalue weighted by Crippen LogP contribution is -2.47. The molecular formula is C16H20N4OS. The van der Waals surface area contributed by atoms with Crippen LogP contribution in [0.4, 0.5) is 0 Å². The molecule has 0 atom stereocenters. The minimum atomic E-state index is 0.239. The first kappa shape index (κ1) is 15.1.